The van der Waals surface area contributed by atoms with E-state index in [1.165, 1.54) is 0 Å². The number of rotatable bonds is 4. The van der Waals surface area contributed by atoms with Crippen LogP contribution >= 0.6 is 0 Å². The molecule has 0 bridgehead atoms. The highest BCUT2D eigenvalue weighted by atomic mass is 16.4. The zero-order valence-electron chi connectivity index (χ0n) is 11.1. The molecule has 1 aliphatic rings. The number of aliphatic carboxylic acids is 1. The Balaban J connectivity index is 2.16. The van der Waals surface area contributed by atoms with Gasteiger partial charge in [0.2, 0.25) is 5.91 Å². The molecule has 0 radical (unpaired) electrons. The molecule has 19 heavy (non-hydrogen) atoms. The first-order valence-corrected chi connectivity index (χ1v) is 6.28. The third kappa shape index (κ3) is 3.05. The van der Waals surface area contributed by atoms with Gasteiger partial charge in [0.25, 0.3) is 0 Å². The van der Waals surface area contributed by atoms with Gasteiger partial charge in [0.1, 0.15) is 0 Å². The van der Waals surface area contributed by atoms with Gasteiger partial charge in [0, 0.05) is 13.0 Å². The van der Waals surface area contributed by atoms with Crippen LogP contribution in [0.2, 0.25) is 0 Å². The fourth-order valence-electron chi connectivity index (χ4n) is 2.09. The summed E-state index contributed by atoms with van der Waals surface area (Å²) in [6.07, 6.45) is 0.947. The van der Waals surface area contributed by atoms with E-state index in [9.17, 15) is 9.59 Å². The van der Waals surface area contributed by atoms with E-state index in [1.54, 1.807) is 18.9 Å². The Morgan fingerprint density at radius 2 is 2.21 bits per heavy atom. The van der Waals surface area contributed by atoms with Crippen molar-refractivity contribution in [2.75, 3.05) is 11.6 Å². The highest BCUT2D eigenvalue weighted by Gasteiger charge is 2.27. The van der Waals surface area contributed by atoms with Crippen molar-refractivity contribution in [1.82, 2.24) is 5.43 Å². The van der Waals surface area contributed by atoms with Crippen LogP contribution in [0.1, 0.15) is 25.8 Å². The zero-order valence-corrected chi connectivity index (χ0v) is 11.1. The Morgan fingerprint density at radius 3 is 2.79 bits per heavy atom. The van der Waals surface area contributed by atoms with E-state index >= 15 is 0 Å². The summed E-state index contributed by atoms with van der Waals surface area (Å²) < 4.78 is 0. The van der Waals surface area contributed by atoms with Crippen molar-refractivity contribution >= 4 is 17.6 Å². The van der Waals surface area contributed by atoms with Gasteiger partial charge < -0.3 is 5.11 Å². The number of hydrazine groups is 1. The molecule has 1 heterocycles. The van der Waals surface area contributed by atoms with Crippen molar-refractivity contribution in [3.8, 4) is 0 Å². The molecular formula is C14H18N2O3. The topological polar surface area (TPSA) is 69.6 Å². The fraction of sp³-hybridized carbons (Fsp3) is 0.429. The molecular weight excluding hydrogens is 244 g/mol. The first-order chi connectivity index (χ1) is 8.88. The van der Waals surface area contributed by atoms with Crippen molar-refractivity contribution in [1.29, 1.82) is 0 Å². The molecule has 0 unspecified atom stereocenters. The summed E-state index contributed by atoms with van der Waals surface area (Å²) in [7, 11) is 0. The van der Waals surface area contributed by atoms with Crippen LogP contribution in [0.25, 0.3) is 0 Å². The van der Waals surface area contributed by atoms with Gasteiger partial charge in [-0.05, 0) is 38.0 Å². The lowest BCUT2D eigenvalue weighted by Crippen LogP contribution is -2.33. The number of carboxylic acid groups (broad SMARTS) is 1. The SMILES string of the molecule is CC(C)(Cc1cccc(N2CCC(=O)N2)c1)C(=O)O. The standard InChI is InChI=1S/C14H18N2O3/c1-14(2,13(18)19)9-10-4-3-5-11(8-10)16-7-6-12(17)15-16/h3-5,8H,6-7,9H2,1-2H3,(H,15,17)(H,18,19). The van der Waals surface area contributed by atoms with Crippen molar-refractivity contribution in [2.45, 2.75) is 26.7 Å². The van der Waals surface area contributed by atoms with Crippen molar-refractivity contribution in [3.05, 3.63) is 29.8 Å². The third-order valence-electron chi connectivity index (χ3n) is 3.27. The number of carboxylic acids is 1. The van der Waals surface area contributed by atoms with E-state index in [2.05, 4.69) is 5.43 Å². The van der Waals surface area contributed by atoms with Gasteiger partial charge in [-0.25, -0.2) is 0 Å². The Morgan fingerprint density at radius 1 is 1.47 bits per heavy atom. The maximum absolute atomic E-state index is 11.2. The van der Waals surface area contributed by atoms with Gasteiger partial charge in [0.05, 0.1) is 11.1 Å². The molecule has 1 saturated heterocycles. The number of anilines is 1. The third-order valence-corrected chi connectivity index (χ3v) is 3.27. The van der Waals surface area contributed by atoms with E-state index in [-0.39, 0.29) is 5.91 Å². The lowest BCUT2D eigenvalue weighted by atomic mass is 9.86. The molecule has 2 rings (SSSR count). The predicted molar refractivity (Wildman–Crippen MR) is 71.7 cm³/mol. The van der Waals surface area contributed by atoms with Crippen LogP contribution in [0.15, 0.2) is 24.3 Å². The minimum atomic E-state index is -0.813. The second-order valence-electron chi connectivity index (χ2n) is 5.47. The maximum Gasteiger partial charge on any atom is 0.309 e. The average molecular weight is 262 g/mol. The molecule has 0 aliphatic carbocycles. The summed E-state index contributed by atoms with van der Waals surface area (Å²) in [5.41, 5.74) is 3.81. The minimum absolute atomic E-state index is 0.0104. The molecule has 0 saturated carbocycles. The van der Waals surface area contributed by atoms with Crippen molar-refractivity contribution in [3.63, 3.8) is 0 Å². The summed E-state index contributed by atoms with van der Waals surface area (Å²) >= 11 is 0. The van der Waals surface area contributed by atoms with Gasteiger partial charge in [-0.15, -0.1) is 0 Å². The molecule has 5 heteroatoms. The molecule has 1 fully saturated rings. The summed E-state index contributed by atoms with van der Waals surface area (Å²) in [4.78, 5) is 22.3. The first kappa shape index (κ1) is 13.4. The smallest absolute Gasteiger partial charge is 0.309 e. The van der Waals surface area contributed by atoms with Crippen LogP contribution in [0.3, 0.4) is 0 Å². The maximum atomic E-state index is 11.2. The predicted octanol–water partition coefficient (Wildman–Crippen LogP) is 1.58. The number of amides is 1. The molecule has 2 N–H and O–H groups in total. The lowest BCUT2D eigenvalue weighted by molar-refractivity contribution is -0.146. The summed E-state index contributed by atoms with van der Waals surface area (Å²) in [5.74, 6) is -0.802. The number of nitrogens with zero attached hydrogens (tertiary/aromatic N) is 1. The van der Waals surface area contributed by atoms with Crippen molar-refractivity contribution in [2.24, 2.45) is 5.41 Å². The quantitative estimate of drug-likeness (QED) is 0.864. The van der Waals surface area contributed by atoms with Crippen molar-refractivity contribution < 1.29 is 14.7 Å². The number of carbonyl (C=O) groups is 2. The van der Waals surface area contributed by atoms with Gasteiger partial charge in [-0.3, -0.25) is 20.0 Å². The van der Waals surface area contributed by atoms with Crippen LogP contribution in [0.4, 0.5) is 5.69 Å². The number of hydrogen-bond acceptors (Lipinski definition) is 3. The lowest BCUT2D eigenvalue weighted by Gasteiger charge is -2.21. The van der Waals surface area contributed by atoms with Gasteiger partial charge >= 0.3 is 5.97 Å². The highest BCUT2D eigenvalue weighted by molar-refractivity contribution is 5.81. The number of carbonyl (C=O) groups excluding carboxylic acids is 1. The van der Waals surface area contributed by atoms with Gasteiger partial charge in [-0.2, -0.15) is 0 Å². The monoisotopic (exact) mass is 262 g/mol. The Labute approximate surface area is 112 Å². The van der Waals surface area contributed by atoms with E-state index in [4.69, 9.17) is 5.11 Å². The molecule has 102 valence electrons. The van der Waals surface area contributed by atoms with Gasteiger partial charge in [0.15, 0.2) is 0 Å². The van der Waals surface area contributed by atoms with E-state index in [1.807, 2.05) is 24.3 Å². The molecule has 1 amide bonds. The molecule has 1 aromatic rings. The molecule has 0 aromatic heterocycles. The van der Waals surface area contributed by atoms with Crippen LogP contribution in [-0.2, 0) is 16.0 Å². The van der Waals surface area contributed by atoms with Crippen LogP contribution in [-0.4, -0.2) is 23.5 Å². The molecule has 1 aromatic carbocycles. The van der Waals surface area contributed by atoms with E-state index < -0.39 is 11.4 Å². The summed E-state index contributed by atoms with van der Waals surface area (Å²) in [6, 6.07) is 7.62. The second-order valence-corrected chi connectivity index (χ2v) is 5.47. The second kappa shape index (κ2) is 4.91. The normalized spacial score (nSPS) is 15.5. The Bertz CT molecular complexity index is 511. The highest BCUT2D eigenvalue weighted by Crippen LogP contribution is 2.25. The summed E-state index contributed by atoms with van der Waals surface area (Å²) in [5, 5.41) is 10.9. The van der Waals surface area contributed by atoms with E-state index in [0.29, 0.717) is 19.4 Å². The first-order valence-electron chi connectivity index (χ1n) is 6.28. The molecule has 0 spiro atoms. The molecule has 5 nitrogen and oxygen atoms in total. The van der Waals surface area contributed by atoms with Gasteiger partial charge in [-0.1, -0.05) is 12.1 Å². The largest absolute Gasteiger partial charge is 0.481 e. The summed E-state index contributed by atoms with van der Waals surface area (Å²) in [6.45, 7) is 4.06. The molecule has 1 aliphatic heterocycles. The van der Waals surface area contributed by atoms with Crippen LogP contribution in [0.5, 0.6) is 0 Å². The van der Waals surface area contributed by atoms with Crippen LogP contribution in [0, 0.1) is 5.41 Å². The average Bonchev–Trinajstić information content (AvgIpc) is 2.75. The zero-order chi connectivity index (χ0) is 14.0. The fourth-order valence-corrected chi connectivity index (χ4v) is 2.09. The number of benzene rings is 1. The van der Waals surface area contributed by atoms with E-state index in [0.717, 1.165) is 11.3 Å². The Hall–Kier alpha value is -2.04. The molecule has 0 atom stereocenters. The van der Waals surface area contributed by atoms with Crippen LogP contribution < -0.4 is 10.4 Å². The Kier molecular flexibility index (Phi) is 3.46. The minimum Gasteiger partial charge on any atom is -0.481 e. The number of nitrogens with one attached hydrogen (secondary N) is 1. The number of hydrogen-bond donors (Lipinski definition) is 2.